The SMILES string of the molecule is COc1ccc(CN2CCN(CC(=O)NN3C(=O)NC4(CCC(C)CC4)C3=O)CC2)cc1OC. The van der Waals surface area contributed by atoms with E-state index < -0.39 is 11.6 Å². The van der Waals surface area contributed by atoms with Gasteiger partial charge in [0.05, 0.1) is 20.8 Å². The van der Waals surface area contributed by atoms with E-state index in [1.54, 1.807) is 14.2 Å². The lowest BCUT2D eigenvalue weighted by molar-refractivity contribution is -0.140. The van der Waals surface area contributed by atoms with Crippen LogP contribution in [0.1, 0.15) is 38.2 Å². The lowest BCUT2D eigenvalue weighted by atomic mass is 9.77. The third-order valence-corrected chi connectivity index (χ3v) is 7.21. The molecule has 10 nitrogen and oxygen atoms in total. The third-order valence-electron chi connectivity index (χ3n) is 7.21. The second kappa shape index (κ2) is 10.2. The van der Waals surface area contributed by atoms with E-state index in [-0.39, 0.29) is 18.4 Å². The molecule has 3 aliphatic rings. The van der Waals surface area contributed by atoms with E-state index >= 15 is 0 Å². The van der Waals surface area contributed by atoms with Crippen LogP contribution in [0.3, 0.4) is 0 Å². The Kier molecular flexibility index (Phi) is 7.27. The first kappa shape index (κ1) is 24.3. The van der Waals surface area contributed by atoms with Crippen molar-refractivity contribution in [2.24, 2.45) is 5.92 Å². The quantitative estimate of drug-likeness (QED) is 0.576. The lowest BCUT2D eigenvalue weighted by Gasteiger charge is -2.34. The van der Waals surface area contributed by atoms with Gasteiger partial charge in [0.1, 0.15) is 5.54 Å². The summed E-state index contributed by atoms with van der Waals surface area (Å²) in [4.78, 5) is 42.3. The molecule has 0 unspecified atom stereocenters. The second-order valence-corrected chi connectivity index (χ2v) is 9.61. The maximum Gasteiger partial charge on any atom is 0.344 e. The molecule has 1 aromatic rings. The summed E-state index contributed by atoms with van der Waals surface area (Å²) >= 11 is 0. The molecule has 0 aromatic heterocycles. The molecule has 1 saturated carbocycles. The molecular weight excluding hydrogens is 438 g/mol. The van der Waals surface area contributed by atoms with Crippen LogP contribution in [-0.2, 0) is 16.1 Å². The van der Waals surface area contributed by atoms with E-state index in [9.17, 15) is 14.4 Å². The van der Waals surface area contributed by atoms with Gasteiger partial charge in [-0.3, -0.25) is 24.8 Å². The van der Waals surface area contributed by atoms with Crippen molar-refractivity contribution >= 4 is 17.8 Å². The number of amides is 4. The van der Waals surface area contributed by atoms with Gasteiger partial charge < -0.3 is 14.8 Å². The van der Waals surface area contributed by atoms with Gasteiger partial charge in [0, 0.05) is 32.7 Å². The number of ether oxygens (including phenoxy) is 2. The molecule has 4 amide bonds. The van der Waals surface area contributed by atoms with Crippen LogP contribution in [-0.4, -0.2) is 85.1 Å². The first-order chi connectivity index (χ1) is 16.3. The molecule has 4 rings (SSSR count). The Labute approximate surface area is 200 Å². The minimum Gasteiger partial charge on any atom is -0.493 e. The Morgan fingerprint density at radius 3 is 2.35 bits per heavy atom. The molecule has 0 bridgehead atoms. The summed E-state index contributed by atoms with van der Waals surface area (Å²) in [6, 6.07) is 5.38. The van der Waals surface area contributed by atoms with Gasteiger partial charge in [0.2, 0.25) is 0 Å². The minimum atomic E-state index is -0.855. The fourth-order valence-electron chi connectivity index (χ4n) is 5.02. The average molecular weight is 474 g/mol. The van der Waals surface area contributed by atoms with Crippen molar-refractivity contribution in [3.63, 3.8) is 0 Å². The van der Waals surface area contributed by atoms with Crippen molar-refractivity contribution in [3.05, 3.63) is 23.8 Å². The van der Waals surface area contributed by atoms with Crippen molar-refractivity contribution in [1.82, 2.24) is 25.6 Å². The summed E-state index contributed by atoms with van der Waals surface area (Å²) in [5, 5.41) is 3.71. The van der Waals surface area contributed by atoms with Crippen molar-refractivity contribution in [3.8, 4) is 11.5 Å². The van der Waals surface area contributed by atoms with Crippen LogP contribution in [0.5, 0.6) is 11.5 Å². The Balaban J connectivity index is 1.24. The number of rotatable bonds is 7. The fourth-order valence-corrected chi connectivity index (χ4v) is 5.02. The molecule has 10 heteroatoms. The Morgan fingerprint density at radius 1 is 1.06 bits per heavy atom. The number of methoxy groups -OCH3 is 2. The number of benzene rings is 1. The van der Waals surface area contributed by atoms with Gasteiger partial charge in [-0.2, -0.15) is 5.01 Å². The number of hydrogen-bond donors (Lipinski definition) is 2. The summed E-state index contributed by atoms with van der Waals surface area (Å²) in [6.07, 6.45) is 3.02. The van der Waals surface area contributed by atoms with Crippen molar-refractivity contribution in [2.45, 2.75) is 44.7 Å². The fraction of sp³-hybridized carbons (Fsp3) is 0.625. The van der Waals surface area contributed by atoms with Gasteiger partial charge in [-0.05, 0) is 49.3 Å². The minimum absolute atomic E-state index is 0.144. The first-order valence-corrected chi connectivity index (χ1v) is 12.0. The van der Waals surface area contributed by atoms with E-state index in [0.717, 1.165) is 56.1 Å². The van der Waals surface area contributed by atoms with Crippen LogP contribution in [0.15, 0.2) is 18.2 Å². The standard InChI is InChI=1S/C24H35N5O5/c1-17-6-8-24(9-7-17)22(31)29(23(32)25-24)26-21(30)16-28-12-10-27(11-13-28)15-18-4-5-19(33-2)20(14-18)34-3/h4-5,14,17H,6-13,15-16H2,1-3H3,(H,25,32)(H,26,30). The van der Waals surface area contributed by atoms with E-state index in [0.29, 0.717) is 30.3 Å². The largest absolute Gasteiger partial charge is 0.493 e. The normalized spacial score (nSPS) is 26.0. The second-order valence-electron chi connectivity index (χ2n) is 9.61. The number of hydrazine groups is 1. The highest BCUT2D eigenvalue weighted by atomic mass is 16.5. The van der Waals surface area contributed by atoms with Gasteiger partial charge in [0.25, 0.3) is 11.8 Å². The molecule has 186 valence electrons. The van der Waals surface area contributed by atoms with E-state index in [1.807, 2.05) is 23.1 Å². The molecule has 1 aromatic carbocycles. The molecular formula is C24H35N5O5. The molecule has 2 saturated heterocycles. The molecule has 2 N–H and O–H groups in total. The zero-order chi connectivity index (χ0) is 24.3. The Hall–Kier alpha value is -2.85. The number of urea groups is 1. The highest BCUT2D eigenvalue weighted by molar-refractivity contribution is 6.08. The zero-order valence-corrected chi connectivity index (χ0v) is 20.3. The Bertz CT molecular complexity index is 922. The molecule has 2 heterocycles. The molecule has 1 spiro atoms. The summed E-state index contributed by atoms with van der Waals surface area (Å²) in [5.41, 5.74) is 2.81. The predicted octanol–water partition coefficient (Wildman–Crippen LogP) is 1.35. The number of carbonyl (C=O) groups excluding carboxylic acids is 3. The van der Waals surface area contributed by atoms with Crippen LogP contribution in [0, 0.1) is 5.92 Å². The van der Waals surface area contributed by atoms with Crippen LogP contribution in [0.4, 0.5) is 4.79 Å². The van der Waals surface area contributed by atoms with Crippen LogP contribution in [0.25, 0.3) is 0 Å². The van der Waals surface area contributed by atoms with Crippen LogP contribution in [0.2, 0.25) is 0 Å². The highest BCUT2D eigenvalue weighted by Crippen LogP contribution is 2.35. The topological polar surface area (TPSA) is 103 Å². The molecule has 1 aliphatic carbocycles. The number of imide groups is 1. The number of nitrogens with zero attached hydrogens (tertiary/aromatic N) is 3. The summed E-state index contributed by atoms with van der Waals surface area (Å²) < 4.78 is 10.7. The van der Waals surface area contributed by atoms with Crippen molar-refractivity contribution in [2.75, 3.05) is 46.9 Å². The lowest BCUT2D eigenvalue weighted by Crippen LogP contribution is -2.54. The molecule has 34 heavy (non-hydrogen) atoms. The molecule has 0 radical (unpaired) electrons. The van der Waals surface area contributed by atoms with Gasteiger partial charge in [-0.25, -0.2) is 4.79 Å². The molecule has 2 aliphatic heterocycles. The van der Waals surface area contributed by atoms with E-state index in [4.69, 9.17) is 9.47 Å². The highest BCUT2D eigenvalue weighted by Gasteiger charge is 2.52. The van der Waals surface area contributed by atoms with Gasteiger partial charge in [-0.15, -0.1) is 0 Å². The van der Waals surface area contributed by atoms with Crippen LogP contribution >= 0.6 is 0 Å². The maximum absolute atomic E-state index is 12.9. The smallest absolute Gasteiger partial charge is 0.344 e. The number of hydrogen-bond acceptors (Lipinski definition) is 7. The van der Waals surface area contributed by atoms with Crippen molar-refractivity contribution in [1.29, 1.82) is 0 Å². The summed E-state index contributed by atoms with van der Waals surface area (Å²) in [7, 11) is 3.24. The maximum atomic E-state index is 12.9. The van der Waals surface area contributed by atoms with Gasteiger partial charge in [0.15, 0.2) is 11.5 Å². The van der Waals surface area contributed by atoms with Crippen LogP contribution < -0.4 is 20.2 Å². The monoisotopic (exact) mass is 473 g/mol. The summed E-state index contributed by atoms with van der Waals surface area (Å²) in [6.45, 7) is 6.15. The van der Waals surface area contributed by atoms with E-state index in [2.05, 4.69) is 22.6 Å². The Morgan fingerprint density at radius 2 is 1.71 bits per heavy atom. The first-order valence-electron chi connectivity index (χ1n) is 12.0. The predicted molar refractivity (Wildman–Crippen MR) is 125 cm³/mol. The van der Waals surface area contributed by atoms with E-state index in [1.165, 1.54) is 0 Å². The van der Waals surface area contributed by atoms with Gasteiger partial charge in [-0.1, -0.05) is 13.0 Å². The number of nitrogens with one attached hydrogen (secondary N) is 2. The van der Waals surface area contributed by atoms with Crippen molar-refractivity contribution < 1.29 is 23.9 Å². The average Bonchev–Trinajstić information content (AvgIpc) is 3.06. The molecule has 3 fully saturated rings. The third kappa shape index (κ3) is 5.12. The summed E-state index contributed by atoms with van der Waals surface area (Å²) in [5.74, 6) is 1.27. The zero-order valence-electron chi connectivity index (χ0n) is 20.3. The van der Waals surface area contributed by atoms with Gasteiger partial charge >= 0.3 is 6.03 Å². The number of piperazine rings is 1. The number of carbonyl (C=O) groups is 3. The molecule has 0 atom stereocenters.